The number of hydrogen-bond acceptors (Lipinski definition) is 4. The average molecular weight is 266 g/mol. The van der Waals surface area contributed by atoms with Crippen molar-refractivity contribution < 1.29 is 4.79 Å². The lowest BCUT2D eigenvalue weighted by atomic mass is 10.1. The quantitative estimate of drug-likeness (QED) is 0.824. The van der Waals surface area contributed by atoms with E-state index >= 15 is 0 Å². The summed E-state index contributed by atoms with van der Waals surface area (Å²) in [5, 5.41) is 12.2. The SMILES string of the molecule is CN(C)C(=O)n1nnc(Cc2ccc(Cl)cc2)n1. The van der Waals surface area contributed by atoms with E-state index in [0.717, 1.165) is 10.4 Å². The fourth-order valence-corrected chi connectivity index (χ4v) is 1.48. The molecule has 7 heteroatoms. The Labute approximate surface area is 109 Å². The van der Waals surface area contributed by atoms with Crippen molar-refractivity contribution in [3.8, 4) is 0 Å². The molecule has 1 heterocycles. The highest BCUT2D eigenvalue weighted by Crippen LogP contribution is 2.11. The predicted molar refractivity (Wildman–Crippen MR) is 66.6 cm³/mol. The Morgan fingerprint density at radius 2 is 2.00 bits per heavy atom. The van der Waals surface area contributed by atoms with E-state index in [4.69, 9.17) is 11.6 Å². The van der Waals surface area contributed by atoms with Crippen LogP contribution in [0.5, 0.6) is 0 Å². The summed E-state index contributed by atoms with van der Waals surface area (Å²) in [5.74, 6) is 0.493. The zero-order valence-corrected chi connectivity index (χ0v) is 10.8. The third kappa shape index (κ3) is 2.84. The Morgan fingerprint density at radius 3 is 2.61 bits per heavy atom. The van der Waals surface area contributed by atoms with Crippen LogP contribution in [0.25, 0.3) is 0 Å². The molecule has 0 unspecified atom stereocenters. The molecule has 0 atom stereocenters. The maximum absolute atomic E-state index is 11.6. The van der Waals surface area contributed by atoms with Gasteiger partial charge in [-0.05, 0) is 22.9 Å². The highest BCUT2D eigenvalue weighted by atomic mass is 35.5. The lowest BCUT2D eigenvalue weighted by Crippen LogP contribution is -2.29. The van der Waals surface area contributed by atoms with Gasteiger partial charge in [-0.25, -0.2) is 4.79 Å². The lowest BCUT2D eigenvalue weighted by molar-refractivity contribution is 0.211. The molecule has 0 radical (unpaired) electrons. The van der Waals surface area contributed by atoms with Crippen LogP contribution in [0.3, 0.4) is 0 Å². The molecular weight excluding hydrogens is 254 g/mol. The van der Waals surface area contributed by atoms with E-state index in [1.54, 1.807) is 26.2 Å². The van der Waals surface area contributed by atoms with Crippen LogP contribution >= 0.6 is 11.6 Å². The Balaban J connectivity index is 2.11. The number of tetrazole rings is 1. The Hall–Kier alpha value is -1.95. The molecule has 0 bridgehead atoms. The third-order valence-electron chi connectivity index (χ3n) is 2.28. The van der Waals surface area contributed by atoms with E-state index in [0.29, 0.717) is 17.3 Å². The first kappa shape index (κ1) is 12.5. The highest BCUT2D eigenvalue weighted by Gasteiger charge is 2.12. The van der Waals surface area contributed by atoms with Crippen LogP contribution in [0.2, 0.25) is 5.02 Å². The van der Waals surface area contributed by atoms with Crippen LogP contribution in [0.15, 0.2) is 24.3 Å². The van der Waals surface area contributed by atoms with Crippen molar-refractivity contribution in [1.29, 1.82) is 0 Å². The largest absolute Gasteiger partial charge is 0.362 e. The molecule has 0 N–H and O–H groups in total. The molecule has 0 aliphatic carbocycles. The summed E-state index contributed by atoms with van der Waals surface area (Å²) in [5.41, 5.74) is 1.01. The number of halogens is 1. The van der Waals surface area contributed by atoms with Gasteiger partial charge in [-0.1, -0.05) is 28.5 Å². The molecule has 1 aromatic carbocycles. The van der Waals surface area contributed by atoms with E-state index in [-0.39, 0.29) is 6.03 Å². The average Bonchev–Trinajstić information content (AvgIpc) is 2.79. The smallest absolute Gasteiger partial charge is 0.328 e. The summed E-state index contributed by atoms with van der Waals surface area (Å²) in [6.07, 6.45) is 0.512. The molecule has 0 saturated carbocycles. The molecule has 0 saturated heterocycles. The molecule has 2 aromatic rings. The molecule has 0 spiro atoms. The van der Waals surface area contributed by atoms with Gasteiger partial charge in [-0.3, -0.25) is 0 Å². The van der Waals surface area contributed by atoms with Crippen molar-refractivity contribution in [2.24, 2.45) is 0 Å². The molecule has 1 amide bonds. The van der Waals surface area contributed by atoms with Crippen LogP contribution in [-0.2, 0) is 6.42 Å². The minimum atomic E-state index is -0.329. The third-order valence-corrected chi connectivity index (χ3v) is 2.54. The van der Waals surface area contributed by atoms with E-state index in [9.17, 15) is 4.79 Å². The summed E-state index contributed by atoms with van der Waals surface area (Å²) in [6, 6.07) is 7.04. The topological polar surface area (TPSA) is 63.9 Å². The fraction of sp³-hybridized carbons (Fsp3) is 0.273. The zero-order valence-electron chi connectivity index (χ0n) is 10.0. The van der Waals surface area contributed by atoms with Crippen molar-refractivity contribution in [3.63, 3.8) is 0 Å². The number of nitrogens with zero attached hydrogens (tertiary/aromatic N) is 5. The second-order valence-electron chi connectivity index (χ2n) is 3.98. The summed E-state index contributed by atoms with van der Waals surface area (Å²) >= 11 is 5.80. The molecule has 1 aromatic heterocycles. The molecule has 0 aliphatic heterocycles. The minimum Gasteiger partial charge on any atom is -0.328 e. The van der Waals surface area contributed by atoms with Gasteiger partial charge in [0.1, 0.15) is 0 Å². The maximum Gasteiger partial charge on any atom is 0.362 e. The van der Waals surface area contributed by atoms with Crippen LogP contribution in [0, 0.1) is 0 Å². The second-order valence-corrected chi connectivity index (χ2v) is 4.41. The number of hydrogen-bond donors (Lipinski definition) is 0. The number of rotatable bonds is 2. The first-order chi connectivity index (χ1) is 8.56. The molecular formula is C11H12ClN5O. The van der Waals surface area contributed by atoms with Crippen molar-refractivity contribution in [2.75, 3.05) is 14.1 Å². The zero-order chi connectivity index (χ0) is 13.1. The number of carbonyl (C=O) groups is 1. The first-order valence-electron chi connectivity index (χ1n) is 5.31. The van der Waals surface area contributed by atoms with Gasteiger partial charge in [0.05, 0.1) is 0 Å². The van der Waals surface area contributed by atoms with E-state index in [1.165, 1.54) is 4.90 Å². The molecule has 2 rings (SSSR count). The van der Waals surface area contributed by atoms with E-state index in [1.807, 2.05) is 12.1 Å². The summed E-state index contributed by atoms with van der Waals surface area (Å²) in [7, 11) is 3.26. The molecule has 94 valence electrons. The van der Waals surface area contributed by atoms with Gasteiger partial charge in [0.2, 0.25) is 0 Å². The number of aromatic nitrogens is 4. The second kappa shape index (κ2) is 5.14. The molecule has 6 nitrogen and oxygen atoms in total. The summed E-state index contributed by atoms with van der Waals surface area (Å²) in [6.45, 7) is 0. The maximum atomic E-state index is 11.6. The summed E-state index contributed by atoms with van der Waals surface area (Å²) in [4.78, 5) is 13.9. The van der Waals surface area contributed by atoms with E-state index < -0.39 is 0 Å². The van der Waals surface area contributed by atoms with E-state index in [2.05, 4.69) is 15.4 Å². The highest BCUT2D eigenvalue weighted by molar-refractivity contribution is 6.30. The van der Waals surface area contributed by atoms with Gasteiger partial charge < -0.3 is 4.90 Å². The fourth-order valence-electron chi connectivity index (χ4n) is 1.36. The predicted octanol–water partition coefficient (Wildman–Crippen LogP) is 1.45. The number of carbonyl (C=O) groups excluding carboxylic acids is 1. The Morgan fingerprint density at radius 1 is 1.33 bits per heavy atom. The van der Waals surface area contributed by atoms with Gasteiger partial charge in [0, 0.05) is 25.5 Å². The summed E-state index contributed by atoms with van der Waals surface area (Å²) < 4.78 is 0. The van der Waals surface area contributed by atoms with Gasteiger partial charge in [0.25, 0.3) is 0 Å². The van der Waals surface area contributed by atoms with Crippen LogP contribution < -0.4 is 0 Å². The molecule has 0 aliphatic rings. The van der Waals surface area contributed by atoms with Crippen molar-refractivity contribution in [3.05, 3.63) is 40.7 Å². The monoisotopic (exact) mass is 265 g/mol. The normalized spacial score (nSPS) is 10.4. The molecule has 18 heavy (non-hydrogen) atoms. The minimum absolute atomic E-state index is 0.329. The van der Waals surface area contributed by atoms with Gasteiger partial charge >= 0.3 is 6.03 Å². The first-order valence-corrected chi connectivity index (χ1v) is 5.69. The Bertz CT molecular complexity index is 549. The Kier molecular flexibility index (Phi) is 3.57. The van der Waals surface area contributed by atoms with Crippen molar-refractivity contribution in [2.45, 2.75) is 6.42 Å². The standard InChI is InChI=1S/C11H12ClN5O/c1-16(2)11(18)17-14-10(13-15-17)7-8-3-5-9(12)6-4-8/h3-6H,7H2,1-2H3. The van der Waals surface area contributed by atoms with Crippen molar-refractivity contribution in [1.82, 2.24) is 25.1 Å². The van der Waals surface area contributed by atoms with Crippen molar-refractivity contribution >= 4 is 17.6 Å². The van der Waals surface area contributed by atoms with Gasteiger partial charge in [0.15, 0.2) is 5.82 Å². The molecule has 0 fully saturated rings. The number of amides is 1. The van der Waals surface area contributed by atoms with Crippen LogP contribution in [0.4, 0.5) is 4.79 Å². The number of benzene rings is 1. The van der Waals surface area contributed by atoms with Gasteiger partial charge in [-0.2, -0.15) is 0 Å². The van der Waals surface area contributed by atoms with Gasteiger partial charge in [-0.15, -0.1) is 10.2 Å². The van der Waals surface area contributed by atoms with Crippen LogP contribution in [0.1, 0.15) is 11.4 Å². The lowest BCUT2D eigenvalue weighted by Gasteiger charge is -2.06. The van der Waals surface area contributed by atoms with Crippen LogP contribution in [-0.4, -0.2) is 45.2 Å².